The van der Waals surface area contributed by atoms with Gasteiger partial charge in [0.1, 0.15) is 6.10 Å². The highest BCUT2D eigenvalue weighted by molar-refractivity contribution is 5.81. The van der Waals surface area contributed by atoms with Crippen molar-refractivity contribution in [3.05, 3.63) is 0 Å². The van der Waals surface area contributed by atoms with Crippen LogP contribution in [0.25, 0.3) is 0 Å². The van der Waals surface area contributed by atoms with Gasteiger partial charge >= 0.3 is 0 Å². The van der Waals surface area contributed by atoms with Crippen molar-refractivity contribution in [2.75, 3.05) is 19.6 Å². The van der Waals surface area contributed by atoms with E-state index in [2.05, 4.69) is 6.92 Å². The molecule has 0 aliphatic carbocycles. The van der Waals surface area contributed by atoms with E-state index >= 15 is 0 Å². The molecule has 1 fully saturated rings. The summed E-state index contributed by atoms with van der Waals surface area (Å²) in [6, 6.07) is 0. The van der Waals surface area contributed by atoms with Crippen molar-refractivity contribution >= 4 is 5.91 Å². The molecule has 2 N–H and O–H groups in total. The van der Waals surface area contributed by atoms with Crippen LogP contribution >= 0.6 is 0 Å². The second-order valence-corrected chi connectivity index (χ2v) is 3.98. The van der Waals surface area contributed by atoms with Crippen molar-refractivity contribution < 1.29 is 9.53 Å². The first-order valence-corrected chi connectivity index (χ1v) is 5.87. The molecule has 2 atom stereocenters. The molecule has 0 unspecified atom stereocenters. The zero-order valence-corrected chi connectivity index (χ0v) is 9.74. The van der Waals surface area contributed by atoms with Gasteiger partial charge in [-0.2, -0.15) is 0 Å². The Hall–Kier alpha value is -0.610. The highest BCUT2D eigenvalue weighted by atomic mass is 16.5. The summed E-state index contributed by atoms with van der Waals surface area (Å²) in [5.74, 6) is 0.135. The van der Waals surface area contributed by atoms with Crippen LogP contribution in [0.3, 0.4) is 0 Å². The molecule has 0 saturated carbocycles. The van der Waals surface area contributed by atoms with Crippen molar-refractivity contribution in [1.82, 2.24) is 4.90 Å². The summed E-state index contributed by atoms with van der Waals surface area (Å²) >= 11 is 0. The summed E-state index contributed by atoms with van der Waals surface area (Å²) in [6.45, 7) is 6.18. The number of carbonyl (C=O) groups is 1. The van der Waals surface area contributed by atoms with Gasteiger partial charge in [-0.15, -0.1) is 0 Å². The predicted octanol–water partition coefficient (Wildman–Crippen LogP) is 0.751. The molecule has 0 bridgehead atoms. The lowest BCUT2D eigenvalue weighted by molar-refractivity contribution is -0.142. The van der Waals surface area contributed by atoms with Crippen LogP contribution in [-0.4, -0.2) is 42.6 Å². The summed E-state index contributed by atoms with van der Waals surface area (Å²) < 4.78 is 5.59. The topological polar surface area (TPSA) is 55.6 Å². The molecule has 1 heterocycles. The quantitative estimate of drug-likeness (QED) is 0.735. The third kappa shape index (κ3) is 3.18. The Labute approximate surface area is 91.8 Å². The van der Waals surface area contributed by atoms with Crippen molar-refractivity contribution in [3.8, 4) is 0 Å². The van der Waals surface area contributed by atoms with Crippen LogP contribution in [0.2, 0.25) is 0 Å². The minimum atomic E-state index is -0.245. The molecule has 0 aromatic heterocycles. The average molecular weight is 214 g/mol. The van der Waals surface area contributed by atoms with Gasteiger partial charge in [0.15, 0.2) is 0 Å². The Bertz CT molecular complexity index is 209. The Morgan fingerprint density at radius 2 is 2.20 bits per heavy atom. The van der Waals surface area contributed by atoms with Crippen molar-refractivity contribution in [3.63, 3.8) is 0 Å². The molecule has 4 heteroatoms. The molecule has 1 amide bonds. The van der Waals surface area contributed by atoms with Crippen molar-refractivity contribution in [2.24, 2.45) is 5.73 Å². The molecule has 0 radical (unpaired) electrons. The fourth-order valence-corrected chi connectivity index (χ4v) is 1.96. The SMILES string of the molecule is CCCN(CC)C(=O)[C@@H]1CC[C@H](CN)O1. The van der Waals surface area contributed by atoms with Gasteiger partial charge in [-0.25, -0.2) is 0 Å². The summed E-state index contributed by atoms with van der Waals surface area (Å²) in [5, 5.41) is 0. The molecule has 88 valence electrons. The number of hydrogen-bond donors (Lipinski definition) is 1. The van der Waals surface area contributed by atoms with Crippen LogP contribution in [0, 0.1) is 0 Å². The Morgan fingerprint density at radius 1 is 1.47 bits per heavy atom. The van der Waals surface area contributed by atoms with Crippen LogP contribution in [0.4, 0.5) is 0 Å². The number of rotatable bonds is 5. The molecule has 0 aromatic rings. The standard InChI is InChI=1S/C11H22N2O2/c1-3-7-13(4-2)11(14)10-6-5-9(8-12)15-10/h9-10H,3-8,12H2,1-2H3/t9-,10+/m1/s1. The molecule has 1 aliphatic rings. The molecule has 1 aliphatic heterocycles. The van der Waals surface area contributed by atoms with Crippen LogP contribution in [0.5, 0.6) is 0 Å². The number of amides is 1. The molecule has 1 rings (SSSR count). The third-order valence-corrected chi connectivity index (χ3v) is 2.83. The average Bonchev–Trinajstić information content (AvgIpc) is 2.73. The number of likely N-dealkylation sites (N-methyl/N-ethyl adjacent to an activating group) is 1. The summed E-state index contributed by atoms with van der Waals surface area (Å²) in [5.41, 5.74) is 5.51. The minimum absolute atomic E-state index is 0.0827. The smallest absolute Gasteiger partial charge is 0.251 e. The van der Waals surface area contributed by atoms with Gasteiger partial charge in [-0.1, -0.05) is 6.92 Å². The van der Waals surface area contributed by atoms with Gasteiger partial charge in [-0.05, 0) is 26.2 Å². The predicted molar refractivity (Wildman–Crippen MR) is 59.5 cm³/mol. The van der Waals surface area contributed by atoms with E-state index in [0.717, 1.165) is 32.4 Å². The molecular formula is C11H22N2O2. The highest BCUT2D eigenvalue weighted by Gasteiger charge is 2.31. The maximum absolute atomic E-state index is 12.0. The lowest BCUT2D eigenvalue weighted by Gasteiger charge is -2.23. The second-order valence-electron chi connectivity index (χ2n) is 3.98. The van der Waals surface area contributed by atoms with Crippen molar-refractivity contribution in [1.29, 1.82) is 0 Å². The van der Waals surface area contributed by atoms with Crippen LogP contribution in [0.15, 0.2) is 0 Å². The van der Waals surface area contributed by atoms with Gasteiger partial charge < -0.3 is 15.4 Å². The molecular weight excluding hydrogens is 192 g/mol. The first kappa shape index (κ1) is 12.5. The zero-order chi connectivity index (χ0) is 11.3. The van der Waals surface area contributed by atoms with Gasteiger partial charge in [0, 0.05) is 19.6 Å². The van der Waals surface area contributed by atoms with Gasteiger partial charge in [0.05, 0.1) is 6.10 Å². The zero-order valence-electron chi connectivity index (χ0n) is 9.74. The maximum atomic E-state index is 12.0. The molecule has 15 heavy (non-hydrogen) atoms. The fourth-order valence-electron chi connectivity index (χ4n) is 1.96. The van der Waals surface area contributed by atoms with E-state index in [1.165, 1.54) is 0 Å². The van der Waals surface area contributed by atoms with Crippen LogP contribution in [0.1, 0.15) is 33.1 Å². The number of carbonyl (C=O) groups excluding carboxylic acids is 1. The summed E-state index contributed by atoms with van der Waals surface area (Å²) in [6.07, 6.45) is 2.56. The monoisotopic (exact) mass is 214 g/mol. The summed E-state index contributed by atoms with van der Waals surface area (Å²) in [4.78, 5) is 13.9. The lowest BCUT2D eigenvalue weighted by atomic mass is 10.2. The Kier molecular flexibility index (Phi) is 5.05. The second kappa shape index (κ2) is 6.08. The van der Waals surface area contributed by atoms with E-state index in [4.69, 9.17) is 10.5 Å². The normalized spacial score (nSPS) is 25.5. The minimum Gasteiger partial charge on any atom is -0.364 e. The Balaban J connectivity index is 2.45. The van der Waals surface area contributed by atoms with E-state index in [1.807, 2.05) is 11.8 Å². The Morgan fingerprint density at radius 3 is 2.67 bits per heavy atom. The molecule has 0 aromatic carbocycles. The first-order valence-electron chi connectivity index (χ1n) is 5.87. The van der Waals surface area contributed by atoms with E-state index in [9.17, 15) is 4.79 Å². The number of ether oxygens (including phenoxy) is 1. The summed E-state index contributed by atoms with van der Waals surface area (Å²) in [7, 11) is 0. The van der Waals surface area contributed by atoms with Gasteiger partial charge in [-0.3, -0.25) is 4.79 Å². The number of hydrogen-bond acceptors (Lipinski definition) is 3. The number of nitrogens with zero attached hydrogens (tertiary/aromatic N) is 1. The fraction of sp³-hybridized carbons (Fsp3) is 0.909. The molecule has 0 spiro atoms. The molecule has 1 saturated heterocycles. The highest BCUT2D eigenvalue weighted by Crippen LogP contribution is 2.20. The van der Waals surface area contributed by atoms with E-state index in [-0.39, 0.29) is 18.1 Å². The lowest BCUT2D eigenvalue weighted by Crippen LogP contribution is -2.40. The van der Waals surface area contributed by atoms with Gasteiger partial charge in [0.2, 0.25) is 0 Å². The van der Waals surface area contributed by atoms with E-state index < -0.39 is 0 Å². The van der Waals surface area contributed by atoms with E-state index in [1.54, 1.807) is 0 Å². The first-order chi connectivity index (χ1) is 7.22. The maximum Gasteiger partial charge on any atom is 0.251 e. The van der Waals surface area contributed by atoms with E-state index in [0.29, 0.717) is 6.54 Å². The molecule has 4 nitrogen and oxygen atoms in total. The third-order valence-electron chi connectivity index (χ3n) is 2.83. The van der Waals surface area contributed by atoms with Crippen molar-refractivity contribution in [2.45, 2.75) is 45.3 Å². The van der Waals surface area contributed by atoms with Gasteiger partial charge in [0.25, 0.3) is 5.91 Å². The largest absolute Gasteiger partial charge is 0.364 e. The van der Waals surface area contributed by atoms with Crippen LogP contribution in [-0.2, 0) is 9.53 Å². The van der Waals surface area contributed by atoms with Crippen LogP contribution < -0.4 is 5.73 Å². The number of nitrogens with two attached hydrogens (primary N) is 1.